The maximum Gasteiger partial charge on any atom is 0.238 e. The van der Waals surface area contributed by atoms with Gasteiger partial charge in [0.25, 0.3) is 0 Å². The van der Waals surface area contributed by atoms with E-state index < -0.39 is 17.7 Å². The zero-order valence-electron chi connectivity index (χ0n) is 5.44. The highest BCUT2D eigenvalue weighted by atomic mass is 16.6. The minimum atomic E-state index is -1.77. The van der Waals surface area contributed by atoms with E-state index in [9.17, 15) is 4.79 Å². The Kier molecular flexibility index (Phi) is 1.50. The van der Waals surface area contributed by atoms with Crippen LogP contribution in [-0.2, 0) is 9.53 Å². The zero-order chi connectivity index (χ0) is 7.78. The van der Waals surface area contributed by atoms with Gasteiger partial charge in [0.05, 0.1) is 6.26 Å². The summed E-state index contributed by atoms with van der Waals surface area (Å²) in [6, 6.07) is 0. The summed E-state index contributed by atoms with van der Waals surface area (Å²) in [5.41, 5.74) is 0. The topological polar surface area (TPSA) is 66.8 Å². The first-order valence-electron chi connectivity index (χ1n) is 2.83. The molecule has 0 saturated carbocycles. The third kappa shape index (κ3) is 1.03. The summed E-state index contributed by atoms with van der Waals surface area (Å²) in [6.45, 7) is 1.22. The Hall–Kier alpha value is -0.870. The third-order valence-corrected chi connectivity index (χ3v) is 1.32. The van der Waals surface area contributed by atoms with Crippen LogP contribution in [0.3, 0.4) is 0 Å². The van der Waals surface area contributed by atoms with E-state index in [0.29, 0.717) is 0 Å². The number of aliphatic hydroxyl groups is 2. The maximum absolute atomic E-state index is 10.6. The first kappa shape index (κ1) is 7.24. The molecule has 0 bridgehead atoms. The van der Waals surface area contributed by atoms with Gasteiger partial charge in [0.15, 0.2) is 11.9 Å². The van der Waals surface area contributed by atoms with Gasteiger partial charge >= 0.3 is 0 Å². The highest BCUT2D eigenvalue weighted by Crippen LogP contribution is 2.17. The molecule has 0 aromatic heterocycles. The summed E-state index contributed by atoms with van der Waals surface area (Å²) in [5, 5.41) is 18.0. The Morgan fingerprint density at radius 2 is 2.40 bits per heavy atom. The molecule has 0 spiro atoms. The Bertz CT molecular complexity index is 182. The molecule has 2 atom stereocenters. The molecule has 2 N–H and O–H groups in total. The number of rotatable bonds is 0. The Labute approximate surface area is 57.7 Å². The number of hydrogen-bond acceptors (Lipinski definition) is 4. The van der Waals surface area contributed by atoms with Gasteiger partial charge in [0.1, 0.15) is 0 Å². The predicted octanol–water partition coefficient (Wildman–Crippen LogP) is -0.831. The van der Waals surface area contributed by atoms with Gasteiger partial charge in [0, 0.05) is 13.0 Å². The number of ketones is 1. The average molecular weight is 144 g/mol. The molecule has 0 fully saturated rings. The molecule has 1 aliphatic rings. The molecule has 2 unspecified atom stereocenters. The van der Waals surface area contributed by atoms with E-state index >= 15 is 0 Å². The van der Waals surface area contributed by atoms with Crippen molar-refractivity contribution in [2.24, 2.45) is 0 Å². The standard InChI is InChI=1S/C6H8O4/c1-6(9)5(8)4(7)2-3-10-6/h2-3,5,8-9H,1H3. The average Bonchev–Trinajstić information content (AvgIpc) is 1.83. The number of aliphatic hydroxyl groups excluding tert-OH is 1. The lowest BCUT2D eigenvalue weighted by molar-refractivity contribution is -0.217. The van der Waals surface area contributed by atoms with Crippen molar-refractivity contribution in [3.63, 3.8) is 0 Å². The molecule has 1 heterocycles. The van der Waals surface area contributed by atoms with Crippen molar-refractivity contribution in [1.82, 2.24) is 0 Å². The van der Waals surface area contributed by atoms with Gasteiger partial charge in [-0.2, -0.15) is 0 Å². The molecule has 1 aliphatic heterocycles. The van der Waals surface area contributed by atoms with E-state index in [1.807, 2.05) is 0 Å². The summed E-state index contributed by atoms with van der Waals surface area (Å²) < 4.78 is 4.55. The molecule has 0 aromatic carbocycles. The molecule has 4 nitrogen and oxygen atoms in total. The van der Waals surface area contributed by atoms with Crippen LogP contribution < -0.4 is 0 Å². The summed E-state index contributed by atoms with van der Waals surface area (Å²) in [6.07, 6.45) is 0.662. The molecule has 0 amide bonds. The summed E-state index contributed by atoms with van der Waals surface area (Å²) in [7, 11) is 0. The number of carbonyl (C=O) groups excluding carboxylic acids is 1. The van der Waals surface area contributed by atoms with Crippen molar-refractivity contribution in [3.8, 4) is 0 Å². The minimum Gasteiger partial charge on any atom is -0.467 e. The zero-order valence-corrected chi connectivity index (χ0v) is 5.44. The fraction of sp³-hybridized carbons (Fsp3) is 0.500. The molecule has 0 radical (unpaired) electrons. The SMILES string of the molecule is CC1(O)OC=CC(=O)C1O. The molecule has 0 aliphatic carbocycles. The van der Waals surface area contributed by atoms with Crippen LogP contribution in [0.2, 0.25) is 0 Å². The Balaban J connectivity index is 2.85. The molecule has 56 valence electrons. The van der Waals surface area contributed by atoms with Gasteiger partial charge in [-0.1, -0.05) is 0 Å². The van der Waals surface area contributed by atoms with Crippen molar-refractivity contribution < 1.29 is 19.7 Å². The van der Waals surface area contributed by atoms with Crippen molar-refractivity contribution >= 4 is 5.78 Å². The van der Waals surface area contributed by atoms with Gasteiger partial charge in [-0.15, -0.1) is 0 Å². The van der Waals surface area contributed by atoms with Crippen molar-refractivity contribution in [2.75, 3.05) is 0 Å². The molecule has 1 rings (SSSR count). The smallest absolute Gasteiger partial charge is 0.238 e. The normalized spacial score (nSPS) is 39.5. The van der Waals surface area contributed by atoms with Crippen molar-refractivity contribution in [2.45, 2.75) is 18.8 Å². The third-order valence-electron chi connectivity index (χ3n) is 1.32. The fourth-order valence-corrected chi connectivity index (χ4v) is 0.658. The van der Waals surface area contributed by atoms with Gasteiger partial charge < -0.3 is 14.9 Å². The lowest BCUT2D eigenvalue weighted by atomic mass is 10.1. The Morgan fingerprint density at radius 1 is 1.80 bits per heavy atom. The van der Waals surface area contributed by atoms with E-state index in [1.54, 1.807) is 0 Å². The highest BCUT2D eigenvalue weighted by molar-refractivity contribution is 5.94. The second-order valence-corrected chi connectivity index (χ2v) is 2.28. The molecule has 0 saturated heterocycles. The van der Waals surface area contributed by atoms with E-state index in [1.165, 1.54) is 6.92 Å². The first-order valence-corrected chi connectivity index (χ1v) is 2.83. The maximum atomic E-state index is 10.6. The predicted molar refractivity (Wildman–Crippen MR) is 31.9 cm³/mol. The molecule has 10 heavy (non-hydrogen) atoms. The van der Waals surface area contributed by atoms with E-state index in [2.05, 4.69) is 4.74 Å². The first-order chi connectivity index (χ1) is 4.54. The van der Waals surface area contributed by atoms with Gasteiger partial charge in [-0.3, -0.25) is 4.79 Å². The van der Waals surface area contributed by atoms with E-state index in [0.717, 1.165) is 12.3 Å². The van der Waals surface area contributed by atoms with Gasteiger partial charge in [-0.05, 0) is 0 Å². The number of hydrogen-bond donors (Lipinski definition) is 2. The van der Waals surface area contributed by atoms with E-state index in [-0.39, 0.29) is 0 Å². The lowest BCUT2D eigenvalue weighted by Gasteiger charge is -2.28. The lowest BCUT2D eigenvalue weighted by Crippen LogP contribution is -2.47. The minimum absolute atomic E-state index is 0.545. The van der Waals surface area contributed by atoms with Crippen LogP contribution >= 0.6 is 0 Å². The molecular weight excluding hydrogens is 136 g/mol. The number of ether oxygens (including phenoxy) is 1. The van der Waals surface area contributed by atoms with Crippen LogP contribution in [-0.4, -0.2) is 27.9 Å². The second-order valence-electron chi connectivity index (χ2n) is 2.28. The van der Waals surface area contributed by atoms with Crippen molar-refractivity contribution in [1.29, 1.82) is 0 Å². The fourth-order valence-electron chi connectivity index (χ4n) is 0.658. The van der Waals surface area contributed by atoms with Crippen LogP contribution in [0, 0.1) is 0 Å². The highest BCUT2D eigenvalue weighted by Gasteiger charge is 2.38. The monoisotopic (exact) mass is 144 g/mol. The quantitative estimate of drug-likeness (QED) is 0.465. The number of carbonyl (C=O) groups is 1. The van der Waals surface area contributed by atoms with Gasteiger partial charge in [-0.25, -0.2) is 0 Å². The van der Waals surface area contributed by atoms with Crippen LogP contribution in [0.25, 0.3) is 0 Å². The Morgan fingerprint density at radius 3 is 2.80 bits per heavy atom. The van der Waals surface area contributed by atoms with E-state index in [4.69, 9.17) is 10.2 Å². The van der Waals surface area contributed by atoms with Crippen LogP contribution in [0.1, 0.15) is 6.92 Å². The summed E-state index contributed by atoms with van der Waals surface area (Å²) in [4.78, 5) is 10.6. The molecule has 0 aromatic rings. The summed E-state index contributed by atoms with van der Waals surface area (Å²) >= 11 is 0. The van der Waals surface area contributed by atoms with Gasteiger partial charge in [0.2, 0.25) is 5.79 Å². The van der Waals surface area contributed by atoms with Crippen molar-refractivity contribution in [3.05, 3.63) is 12.3 Å². The molecular formula is C6H8O4. The van der Waals surface area contributed by atoms with Crippen LogP contribution in [0.15, 0.2) is 12.3 Å². The largest absolute Gasteiger partial charge is 0.467 e. The summed E-state index contributed by atoms with van der Waals surface area (Å²) in [5.74, 6) is -2.32. The second kappa shape index (κ2) is 2.07. The van der Waals surface area contributed by atoms with Crippen LogP contribution in [0.4, 0.5) is 0 Å². The van der Waals surface area contributed by atoms with Crippen LogP contribution in [0.5, 0.6) is 0 Å². The molecule has 4 heteroatoms.